The number of rotatable bonds is 7. The molecule has 1 aliphatic heterocycles. The first kappa shape index (κ1) is 21.3. The van der Waals surface area contributed by atoms with Gasteiger partial charge in [-0.05, 0) is 55.4 Å². The standard InChI is InChI=1S/C22H31ClN6O/c1-30-12-11-29-9-7-15-5-6-17(13-16(15)8-10-29)26-22-25-14-18(23)21(28-22)27-20-4-2-3-19(20)24/h5-6,13-14,19-20H,2-4,7-12,24H2,1H3,(H2,25,26,27,28)/t19-,20+/m1/s1. The number of fused-ring (bicyclic) bond motifs is 1. The second-order valence-electron chi connectivity index (χ2n) is 8.18. The molecule has 4 rings (SSSR count). The van der Waals surface area contributed by atoms with Crippen LogP contribution < -0.4 is 16.4 Å². The van der Waals surface area contributed by atoms with Crippen LogP contribution in [0.1, 0.15) is 30.4 Å². The fourth-order valence-corrected chi connectivity index (χ4v) is 4.44. The van der Waals surface area contributed by atoms with E-state index in [-0.39, 0.29) is 12.1 Å². The second-order valence-corrected chi connectivity index (χ2v) is 8.59. The number of benzene rings is 1. The van der Waals surface area contributed by atoms with E-state index < -0.39 is 0 Å². The molecule has 1 aromatic carbocycles. The van der Waals surface area contributed by atoms with Gasteiger partial charge in [-0.2, -0.15) is 4.98 Å². The molecule has 2 heterocycles. The molecule has 0 spiro atoms. The highest BCUT2D eigenvalue weighted by Gasteiger charge is 2.25. The number of hydrogen-bond acceptors (Lipinski definition) is 7. The lowest BCUT2D eigenvalue weighted by Gasteiger charge is -2.19. The molecule has 2 aliphatic rings. The van der Waals surface area contributed by atoms with Gasteiger partial charge in [-0.3, -0.25) is 0 Å². The summed E-state index contributed by atoms with van der Waals surface area (Å²) >= 11 is 6.32. The first-order chi connectivity index (χ1) is 14.6. The minimum absolute atomic E-state index is 0.139. The van der Waals surface area contributed by atoms with Gasteiger partial charge in [0.2, 0.25) is 5.95 Å². The minimum atomic E-state index is 0.139. The van der Waals surface area contributed by atoms with Crippen molar-refractivity contribution >= 4 is 29.1 Å². The van der Waals surface area contributed by atoms with Crippen molar-refractivity contribution in [3.05, 3.63) is 40.5 Å². The molecule has 1 saturated carbocycles. The Labute approximate surface area is 183 Å². The lowest BCUT2D eigenvalue weighted by molar-refractivity contribution is 0.150. The van der Waals surface area contributed by atoms with E-state index in [1.54, 1.807) is 13.3 Å². The summed E-state index contributed by atoms with van der Waals surface area (Å²) in [5.74, 6) is 1.17. The lowest BCUT2D eigenvalue weighted by atomic mass is 10.0. The van der Waals surface area contributed by atoms with E-state index in [0.29, 0.717) is 16.8 Å². The van der Waals surface area contributed by atoms with Gasteiger partial charge in [0, 0.05) is 44.5 Å². The molecule has 8 heteroatoms. The van der Waals surface area contributed by atoms with Crippen LogP contribution in [0, 0.1) is 0 Å². The second kappa shape index (κ2) is 9.92. The van der Waals surface area contributed by atoms with Crippen molar-refractivity contribution in [2.75, 3.05) is 44.0 Å². The molecule has 0 radical (unpaired) electrons. The van der Waals surface area contributed by atoms with Crippen LogP contribution in [-0.2, 0) is 17.6 Å². The third kappa shape index (κ3) is 5.21. The number of ether oxygens (including phenoxy) is 1. The van der Waals surface area contributed by atoms with Crippen LogP contribution in [0.2, 0.25) is 5.02 Å². The third-order valence-electron chi connectivity index (χ3n) is 6.10. The number of hydrogen-bond donors (Lipinski definition) is 3. The predicted molar refractivity (Wildman–Crippen MR) is 122 cm³/mol. The van der Waals surface area contributed by atoms with E-state index in [0.717, 1.165) is 64.0 Å². The van der Waals surface area contributed by atoms with Gasteiger partial charge >= 0.3 is 0 Å². The quantitative estimate of drug-likeness (QED) is 0.621. The molecule has 2 atom stereocenters. The number of anilines is 3. The smallest absolute Gasteiger partial charge is 0.229 e. The monoisotopic (exact) mass is 430 g/mol. The van der Waals surface area contributed by atoms with E-state index in [4.69, 9.17) is 22.1 Å². The molecule has 1 fully saturated rings. The van der Waals surface area contributed by atoms with Crippen LogP contribution in [-0.4, -0.2) is 60.3 Å². The molecule has 1 aromatic heterocycles. The summed E-state index contributed by atoms with van der Waals surface area (Å²) in [6.45, 7) is 3.88. The Hall–Kier alpha value is -1.93. The zero-order valence-corrected chi connectivity index (χ0v) is 18.3. The van der Waals surface area contributed by atoms with E-state index in [2.05, 4.69) is 43.7 Å². The molecule has 4 N–H and O–H groups in total. The van der Waals surface area contributed by atoms with Gasteiger partial charge < -0.3 is 26.0 Å². The maximum Gasteiger partial charge on any atom is 0.229 e. The zero-order valence-electron chi connectivity index (χ0n) is 17.5. The summed E-state index contributed by atoms with van der Waals surface area (Å²) in [5.41, 5.74) is 9.96. The van der Waals surface area contributed by atoms with Crippen LogP contribution in [0.3, 0.4) is 0 Å². The van der Waals surface area contributed by atoms with Gasteiger partial charge in [-0.25, -0.2) is 4.98 Å². The first-order valence-electron chi connectivity index (χ1n) is 10.8. The van der Waals surface area contributed by atoms with Crippen LogP contribution in [0.4, 0.5) is 17.5 Å². The topological polar surface area (TPSA) is 88.3 Å². The van der Waals surface area contributed by atoms with Crippen molar-refractivity contribution in [1.82, 2.24) is 14.9 Å². The highest BCUT2D eigenvalue weighted by Crippen LogP contribution is 2.27. The predicted octanol–water partition coefficient (Wildman–Crippen LogP) is 3.21. The number of halogens is 1. The maximum atomic E-state index is 6.32. The van der Waals surface area contributed by atoms with Crippen LogP contribution in [0.15, 0.2) is 24.4 Å². The van der Waals surface area contributed by atoms with Gasteiger partial charge in [-0.1, -0.05) is 17.7 Å². The Bertz CT molecular complexity index is 864. The van der Waals surface area contributed by atoms with Crippen molar-refractivity contribution in [2.45, 2.75) is 44.2 Å². The molecule has 2 aromatic rings. The van der Waals surface area contributed by atoms with E-state index in [9.17, 15) is 0 Å². The minimum Gasteiger partial charge on any atom is -0.383 e. The van der Waals surface area contributed by atoms with Gasteiger partial charge in [-0.15, -0.1) is 0 Å². The van der Waals surface area contributed by atoms with Crippen molar-refractivity contribution in [3.8, 4) is 0 Å². The largest absolute Gasteiger partial charge is 0.383 e. The molecule has 0 bridgehead atoms. The molecule has 7 nitrogen and oxygen atoms in total. The summed E-state index contributed by atoms with van der Waals surface area (Å²) in [7, 11) is 1.76. The third-order valence-corrected chi connectivity index (χ3v) is 6.38. The first-order valence-corrected chi connectivity index (χ1v) is 11.1. The summed E-state index contributed by atoms with van der Waals surface area (Å²) < 4.78 is 5.23. The number of nitrogens with one attached hydrogen (secondary N) is 2. The number of nitrogens with two attached hydrogens (primary N) is 1. The SMILES string of the molecule is COCCN1CCc2ccc(Nc3ncc(Cl)c(N[C@H]4CCC[C@H]4N)n3)cc2CC1. The Kier molecular flexibility index (Phi) is 7.04. The summed E-state index contributed by atoms with van der Waals surface area (Å²) in [6, 6.07) is 6.87. The summed E-state index contributed by atoms with van der Waals surface area (Å²) in [5, 5.41) is 7.25. The molecule has 162 valence electrons. The Morgan fingerprint density at radius 2 is 2.07 bits per heavy atom. The molecule has 30 heavy (non-hydrogen) atoms. The normalized spacial score (nSPS) is 21.8. The fraction of sp³-hybridized carbons (Fsp3) is 0.545. The zero-order chi connectivity index (χ0) is 20.9. The molecule has 0 saturated heterocycles. The molecule has 0 amide bonds. The van der Waals surface area contributed by atoms with Gasteiger partial charge in [0.05, 0.1) is 12.8 Å². The van der Waals surface area contributed by atoms with E-state index in [1.165, 1.54) is 11.1 Å². The Morgan fingerprint density at radius 3 is 2.83 bits per heavy atom. The highest BCUT2D eigenvalue weighted by molar-refractivity contribution is 6.32. The number of aromatic nitrogens is 2. The van der Waals surface area contributed by atoms with Crippen molar-refractivity contribution in [3.63, 3.8) is 0 Å². The fourth-order valence-electron chi connectivity index (χ4n) is 4.29. The van der Waals surface area contributed by atoms with Crippen molar-refractivity contribution in [2.24, 2.45) is 5.73 Å². The van der Waals surface area contributed by atoms with E-state index in [1.807, 2.05) is 0 Å². The van der Waals surface area contributed by atoms with Crippen LogP contribution >= 0.6 is 11.6 Å². The molecular weight excluding hydrogens is 400 g/mol. The summed E-state index contributed by atoms with van der Waals surface area (Å²) in [4.78, 5) is 11.4. The van der Waals surface area contributed by atoms with Crippen LogP contribution in [0.5, 0.6) is 0 Å². The summed E-state index contributed by atoms with van der Waals surface area (Å²) in [6.07, 6.45) is 6.93. The highest BCUT2D eigenvalue weighted by atomic mass is 35.5. The maximum absolute atomic E-state index is 6.32. The Morgan fingerprint density at radius 1 is 1.23 bits per heavy atom. The molecule has 1 aliphatic carbocycles. The average Bonchev–Trinajstić information content (AvgIpc) is 3.03. The van der Waals surface area contributed by atoms with Gasteiger partial charge in [0.25, 0.3) is 0 Å². The van der Waals surface area contributed by atoms with Gasteiger partial charge in [0.15, 0.2) is 5.82 Å². The van der Waals surface area contributed by atoms with Crippen LogP contribution in [0.25, 0.3) is 0 Å². The average molecular weight is 431 g/mol. The van der Waals surface area contributed by atoms with Crippen molar-refractivity contribution < 1.29 is 4.74 Å². The van der Waals surface area contributed by atoms with Gasteiger partial charge in [0.1, 0.15) is 5.02 Å². The number of nitrogens with zero attached hydrogens (tertiary/aromatic N) is 3. The number of methoxy groups -OCH3 is 1. The molecule has 0 unspecified atom stereocenters. The Balaban J connectivity index is 1.44. The van der Waals surface area contributed by atoms with E-state index >= 15 is 0 Å². The lowest BCUT2D eigenvalue weighted by Crippen LogP contribution is -2.35. The molecular formula is C22H31ClN6O. The van der Waals surface area contributed by atoms with Crippen molar-refractivity contribution in [1.29, 1.82) is 0 Å².